The van der Waals surface area contributed by atoms with Gasteiger partial charge in [0.25, 0.3) is 11.8 Å². The fourth-order valence-corrected chi connectivity index (χ4v) is 2.04. The fraction of sp³-hybridized carbons (Fsp3) is 0.0667. The number of ether oxygens (including phenoxy) is 1. The molecule has 2 aromatic carbocycles. The molecule has 6 heteroatoms. The lowest BCUT2D eigenvalue weighted by Gasteiger charge is -2.18. The van der Waals surface area contributed by atoms with E-state index in [0.717, 1.165) is 0 Å². The van der Waals surface area contributed by atoms with Crippen molar-refractivity contribution in [2.24, 2.45) is 0 Å². The van der Waals surface area contributed by atoms with Crippen molar-refractivity contribution in [1.29, 1.82) is 0 Å². The Labute approximate surface area is 120 Å². The van der Waals surface area contributed by atoms with Gasteiger partial charge in [0.05, 0.1) is 5.69 Å². The summed E-state index contributed by atoms with van der Waals surface area (Å²) in [7, 11) is 0. The Hall–Kier alpha value is -3.02. The second-order valence-electron chi connectivity index (χ2n) is 4.63. The topological polar surface area (TPSA) is 93.5 Å². The molecule has 2 aromatic rings. The normalized spacial score (nSPS) is 12.9. The summed E-state index contributed by atoms with van der Waals surface area (Å²) >= 11 is 0. The maximum absolute atomic E-state index is 12.1. The molecule has 106 valence electrons. The van der Waals surface area contributed by atoms with Gasteiger partial charge in [0.1, 0.15) is 5.75 Å². The Morgan fingerprint density at radius 2 is 2.10 bits per heavy atom. The van der Waals surface area contributed by atoms with E-state index in [9.17, 15) is 9.59 Å². The van der Waals surface area contributed by atoms with Crippen molar-refractivity contribution in [3.05, 3.63) is 48.0 Å². The summed E-state index contributed by atoms with van der Waals surface area (Å²) in [4.78, 5) is 23.4. The highest BCUT2D eigenvalue weighted by Gasteiger charge is 2.16. The first-order chi connectivity index (χ1) is 10.1. The third kappa shape index (κ3) is 2.79. The number of carbonyl (C=O) groups is 2. The molecular weight excluding hydrogens is 270 g/mol. The van der Waals surface area contributed by atoms with E-state index < -0.39 is 0 Å². The van der Waals surface area contributed by atoms with Crippen molar-refractivity contribution < 1.29 is 14.3 Å². The van der Waals surface area contributed by atoms with Crippen LogP contribution in [0.15, 0.2) is 42.5 Å². The minimum Gasteiger partial charge on any atom is -0.482 e. The number of anilines is 3. The molecule has 0 aliphatic carbocycles. The van der Waals surface area contributed by atoms with Crippen molar-refractivity contribution >= 4 is 28.9 Å². The number of benzene rings is 2. The molecule has 0 unspecified atom stereocenters. The summed E-state index contributed by atoms with van der Waals surface area (Å²) in [5, 5.41) is 5.44. The van der Waals surface area contributed by atoms with Gasteiger partial charge >= 0.3 is 0 Å². The Morgan fingerprint density at radius 3 is 2.90 bits per heavy atom. The minimum absolute atomic E-state index is 0.00198. The summed E-state index contributed by atoms with van der Waals surface area (Å²) in [6.07, 6.45) is 0. The summed E-state index contributed by atoms with van der Waals surface area (Å²) in [6.45, 7) is 0.00198. The largest absolute Gasteiger partial charge is 0.482 e. The summed E-state index contributed by atoms with van der Waals surface area (Å²) in [6, 6.07) is 11.8. The predicted octanol–water partition coefficient (Wildman–Crippen LogP) is 1.85. The molecule has 2 amide bonds. The van der Waals surface area contributed by atoms with Crippen molar-refractivity contribution in [2.75, 3.05) is 23.0 Å². The molecular formula is C15H13N3O3. The van der Waals surface area contributed by atoms with Gasteiger partial charge in [-0.1, -0.05) is 6.07 Å². The number of nitrogens with one attached hydrogen (secondary N) is 2. The third-order valence-electron chi connectivity index (χ3n) is 3.02. The average Bonchev–Trinajstić information content (AvgIpc) is 2.46. The van der Waals surface area contributed by atoms with Gasteiger partial charge in [0.15, 0.2) is 6.61 Å². The van der Waals surface area contributed by atoms with Crippen LogP contribution in [0.2, 0.25) is 0 Å². The van der Waals surface area contributed by atoms with Crippen LogP contribution in [0, 0.1) is 0 Å². The third-order valence-corrected chi connectivity index (χ3v) is 3.02. The zero-order valence-corrected chi connectivity index (χ0v) is 11.1. The van der Waals surface area contributed by atoms with Gasteiger partial charge < -0.3 is 21.1 Å². The lowest BCUT2D eigenvalue weighted by molar-refractivity contribution is -0.118. The Kier molecular flexibility index (Phi) is 3.19. The van der Waals surface area contributed by atoms with E-state index in [1.54, 1.807) is 42.5 Å². The molecule has 0 radical (unpaired) electrons. The van der Waals surface area contributed by atoms with Gasteiger partial charge in [-0.15, -0.1) is 0 Å². The van der Waals surface area contributed by atoms with Crippen LogP contribution in [-0.2, 0) is 4.79 Å². The van der Waals surface area contributed by atoms with Crippen LogP contribution in [0.25, 0.3) is 0 Å². The van der Waals surface area contributed by atoms with Crippen LogP contribution in [0.3, 0.4) is 0 Å². The van der Waals surface area contributed by atoms with Crippen LogP contribution < -0.4 is 21.1 Å². The second-order valence-corrected chi connectivity index (χ2v) is 4.63. The fourth-order valence-electron chi connectivity index (χ4n) is 2.04. The van der Waals surface area contributed by atoms with Crippen LogP contribution in [0.1, 0.15) is 10.4 Å². The van der Waals surface area contributed by atoms with Gasteiger partial charge in [-0.3, -0.25) is 9.59 Å². The molecule has 0 spiro atoms. The second kappa shape index (κ2) is 5.16. The molecule has 0 bridgehead atoms. The summed E-state index contributed by atoms with van der Waals surface area (Å²) < 4.78 is 5.25. The number of hydrogen-bond acceptors (Lipinski definition) is 4. The van der Waals surface area contributed by atoms with Crippen molar-refractivity contribution in [1.82, 2.24) is 0 Å². The molecule has 1 aliphatic heterocycles. The smallest absolute Gasteiger partial charge is 0.262 e. The molecule has 6 nitrogen and oxygen atoms in total. The van der Waals surface area contributed by atoms with Crippen molar-refractivity contribution in [2.45, 2.75) is 0 Å². The van der Waals surface area contributed by atoms with E-state index in [-0.39, 0.29) is 18.4 Å². The molecule has 1 aliphatic rings. The number of carbonyl (C=O) groups excluding carboxylic acids is 2. The predicted molar refractivity (Wildman–Crippen MR) is 79.4 cm³/mol. The molecule has 1 heterocycles. The molecule has 0 aromatic heterocycles. The van der Waals surface area contributed by atoms with Crippen molar-refractivity contribution in [3.8, 4) is 5.75 Å². The standard InChI is InChI=1S/C15H13N3O3/c16-10-3-1-2-9(6-10)15(20)17-11-4-5-13-12(7-11)18-14(19)8-21-13/h1-7H,8,16H2,(H,17,20)(H,18,19). The van der Waals surface area contributed by atoms with E-state index in [0.29, 0.717) is 28.4 Å². The number of amides is 2. The highest BCUT2D eigenvalue weighted by atomic mass is 16.5. The van der Waals surface area contributed by atoms with E-state index in [1.165, 1.54) is 0 Å². The first-order valence-electron chi connectivity index (χ1n) is 6.35. The maximum atomic E-state index is 12.1. The first-order valence-corrected chi connectivity index (χ1v) is 6.35. The molecule has 0 fully saturated rings. The Balaban J connectivity index is 1.80. The van der Waals surface area contributed by atoms with Crippen molar-refractivity contribution in [3.63, 3.8) is 0 Å². The zero-order chi connectivity index (χ0) is 14.8. The molecule has 0 saturated carbocycles. The van der Waals surface area contributed by atoms with Crippen LogP contribution in [0.4, 0.5) is 17.1 Å². The van der Waals surface area contributed by atoms with Gasteiger partial charge in [0.2, 0.25) is 0 Å². The van der Waals surface area contributed by atoms with Gasteiger partial charge in [-0.2, -0.15) is 0 Å². The number of nitrogens with two attached hydrogens (primary N) is 1. The molecule has 3 rings (SSSR count). The van der Waals surface area contributed by atoms with Crippen LogP contribution >= 0.6 is 0 Å². The summed E-state index contributed by atoms with van der Waals surface area (Å²) in [5.41, 5.74) is 7.74. The highest BCUT2D eigenvalue weighted by Crippen LogP contribution is 2.30. The van der Waals surface area contributed by atoms with E-state index in [1.807, 2.05) is 0 Å². The van der Waals surface area contributed by atoms with E-state index >= 15 is 0 Å². The van der Waals surface area contributed by atoms with Gasteiger partial charge in [-0.05, 0) is 36.4 Å². The quantitative estimate of drug-likeness (QED) is 0.733. The zero-order valence-electron chi connectivity index (χ0n) is 11.1. The van der Waals surface area contributed by atoms with Crippen LogP contribution in [-0.4, -0.2) is 18.4 Å². The van der Waals surface area contributed by atoms with Crippen LogP contribution in [0.5, 0.6) is 5.75 Å². The summed E-state index contributed by atoms with van der Waals surface area (Å²) in [5.74, 6) is 0.0867. The minimum atomic E-state index is -0.273. The monoisotopic (exact) mass is 283 g/mol. The molecule has 4 N–H and O–H groups in total. The Bertz CT molecular complexity index is 728. The first kappa shape index (κ1) is 13.0. The highest BCUT2D eigenvalue weighted by molar-refractivity contribution is 6.05. The lowest BCUT2D eigenvalue weighted by Crippen LogP contribution is -2.25. The molecule has 0 atom stereocenters. The van der Waals surface area contributed by atoms with Gasteiger partial charge in [0, 0.05) is 16.9 Å². The average molecular weight is 283 g/mol. The van der Waals surface area contributed by atoms with Gasteiger partial charge in [-0.25, -0.2) is 0 Å². The molecule has 21 heavy (non-hydrogen) atoms. The Morgan fingerprint density at radius 1 is 1.24 bits per heavy atom. The number of nitrogen functional groups attached to an aromatic ring is 1. The van der Waals surface area contributed by atoms with E-state index in [4.69, 9.17) is 10.5 Å². The lowest BCUT2D eigenvalue weighted by atomic mass is 10.1. The van der Waals surface area contributed by atoms with E-state index in [2.05, 4.69) is 10.6 Å². The number of hydrogen-bond donors (Lipinski definition) is 3. The molecule has 0 saturated heterocycles. The maximum Gasteiger partial charge on any atom is 0.262 e. The SMILES string of the molecule is Nc1cccc(C(=O)Nc2ccc3c(c2)NC(=O)CO3)c1. The number of rotatable bonds is 2. The number of fused-ring (bicyclic) bond motifs is 1.